The zero-order valence-corrected chi connectivity index (χ0v) is 19.8. The van der Waals surface area contributed by atoms with E-state index in [0.717, 1.165) is 21.7 Å². The number of halogens is 1. The van der Waals surface area contributed by atoms with Crippen molar-refractivity contribution in [3.8, 4) is 5.75 Å². The van der Waals surface area contributed by atoms with Crippen LogP contribution in [0.25, 0.3) is 0 Å². The molecule has 33 heavy (non-hydrogen) atoms. The Morgan fingerprint density at radius 2 is 1.70 bits per heavy atom. The first-order chi connectivity index (χ1) is 15.7. The van der Waals surface area contributed by atoms with Crippen molar-refractivity contribution >= 4 is 39.4 Å². The highest BCUT2D eigenvalue weighted by Crippen LogP contribution is 2.20. The molecule has 0 aliphatic rings. The maximum atomic E-state index is 12.5. The first-order valence-corrected chi connectivity index (χ1v) is 12.3. The third kappa shape index (κ3) is 7.06. The van der Waals surface area contributed by atoms with Crippen molar-refractivity contribution in [3.05, 3.63) is 95.0 Å². The lowest BCUT2D eigenvalue weighted by molar-refractivity contribution is -0.121. The van der Waals surface area contributed by atoms with Crippen LogP contribution in [0.3, 0.4) is 0 Å². The van der Waals surface area contributed by atoms with Gasteiger partial charge >= 0.3 is 0 Å². The monoisotopic (exact) mass is 485 g/mol. The number of rotatable bonds is 9. The summed E-state index contributed by atoms with van der Waals surface area (Å²) in [7, 11) is -3.67. The summed E-state index contributed by atoms with van der Waals surface area (Å²) in [6, 6.07) is 22.1. The molecular weight excluding hydrogens is 462 g/mol. The maximum Gasteiger partial charge on any atom is 0.263 e. The molecule has 0 saturated carbocycles. The smallest absolute Gasteiger partial charge is 0.263 e. The Kier molecular flexibility index (Phi) is 8.08. The van der Waals surface area contributed by atoms with Gasteiger partial charge in [-0.05, 0) is 66.6 Å². The largest absolute Gasteiger partial charge is 0.489 e. The topological polar surface area (TPSA) is 88.1 Å². The minimum Gasteiger partial charge on any atom is -0.489 e. The summed E-state index contributed by atoms with van der Waals surface area (Å²) in [4.78, 5) is 12.5. The molecule has 3 aromatic rings. The molecule has 3 aromatic carbocycles. The Bertz CT molecular complexity index is 1200. The van der Waals surface area contributed by atoms with Gasteiger partial charge in [0.25, 0.3) is 5.91 Å². The van der Waals surface area contributed by atoms with Gasteiger partial charge in [-0.1, -0.05) is 41.9 Å². The lowest BCUT2D eigenvalue weighted by Gasteiger charge is -2.27. The Hall–Kier alpha value is -3.36. The van der Waals surface area contributed by atoms with Crippen molar-refractivity contribution in [3.63, 3.8) is 0 Å². The number of carbonyl (C=O) groups is 1. The predicted octanol–water partition coefficient (Wildman–Crippen LogP) is 4.22. The van der Waals surface area contributed by atoms with Gasteiger partial charge in [0.15, 0.2) is 0 Å². The van der Waals surface area contributed by atoms with Crippen LogP contribution < -0.4 is 14.5 Å². The van der Waals surface area contributed by atoms with Crippen molar-refractivity contribution in [2.75, 3.05) is 10.6 Å². The van der Waals surface area contributed by atoms with E-state index in [1.807, 2.05) is 24.3 Å². The quantitative estimate of drug-likeness (QED) is 0.363. The first kappa shape index (κ1) is 24.3. The van der Waals surface area contributed by atoms with E-state index in [1.165, 1.54) is 13.1 Å². The first-order valence-electron chi connectivity index (χ1n) is 10.1. The number of nitrogens with zero attached hydrogens (tertiary/aromatic N) is 2. The van der Waals surface area contributed by atoms with Crippen LogP contribution >= 0.6 is 11.6 Å². The van der Waals surface area contributed by atoms with E-state index in [0.29, 0.717) is 23.1 Å². The van der Waals surface area contributed by atoms with E-state index in [1.54, 1.807) is 54.6 Å². The highest BCUT2D eigenvalue weighted by Gasteiger charge is 2.28. The molecule has 1 amide bonds. The zero-order chi connectivity index (χ0) is 23.8. The van der Waals surface area contributed by atoms with Crippen LogP contribution in [0.15, 0.2) is 84.0 Å². The number of hydrogen-bond acceptors (Lipinski definition) is 5. The minimum absolute atomic E-state index is 0.404. The van der Waals surface area contributed by atoms with Crippen molar-refractivity contribution in [2.24, 2.45) is 5.10 Å². The standard InChI is InChI=1S/C24H24ClN3O4S/c1-18(28(33(2,30)31)22-6-4-3-5-7-22)24(29)27-26-16-19-10-14-23(15-11-19)32-17-20-8-12-21(25)13-9-20/h3-16,18H,17H2,1-2H3,(H,27,29)/b26-16-/t18-/m0/s1. The molecule has 1 N–H and O–H groups in total. The lowest BCUT2D eigenvalue weighted by Crippen LogP contribution is -2.46. The van der Waals surface area contributed by atoms with E-state index < -0.39 is 22.0 Å². The average molecular weight is 486 g/mol. The average Bonchev–Trinajstić information content (AvgIpc) is 2.79. The fourth-order valence-electron chi connectivity index (χ4n) is 3.04. The summed E-state index contributed by atoms with van der Waals surface area (Å²) in [5, 5.41) is 4.63. The van der Waals surface area contributed by atoms with Crippen LogP contribution in [0.5, 0.6) is 5.75 Å². The molecule has 0 bridgehead atoms. The van der Waals surface area contributed by atoms with Gasteiger partial charge in [0.1, 0.15) is 18.4 Å². The van der Waals surface area contributed by atoms with Gasteiger partial charge in [0.2, 0.25) is 10.0 Å². The molecule has 0 unspecified atom stereocenters. The predicted molar refractivity (Wildman–Crippen MR) is 131 cm³/mol. The SMILES string of the molecule is C[C@@H](C(=O)N/N=C\c1ccc(OCc2ccc(Cl)cc2)cc1)N(c1ccccc1)S(C)(=O)=O. The summed E-state index contributed by atoms with van der Waals surface area (Å²) < 4.78 is 31.3. The van der Waals surface area contributed by atoms with Gasteiger partial charge < -0.3 is 4.74 Å². The van der Waals surface area contributed by atoms with Gasteiger partial charge in [0, 0.05) is 5.02 Å². The molecule has 0 aliphatic heterocycles. The van der Waals surface area contributed by atoms with Gasteiger partial charge in [-0.15, -0.1) is 0 Å². The number of nitrogens with one attached hydrogen (secondary N) is 1. The second kappa shape index (κ2) is 11.0. The summed E-state index contributed by atoms with van der Waals surface area (Å²) in [6.07, 6.45) is 2.53. The maximum absolute atomic E-state index is 12.5. The van der Waals surface area contributed by atoms with Crippen LogP contribution in [0.4, 0.5) is 5.69 Å². The third-order valence-corrected chi connectivity index (χ3v) is 6.18. The molecule has 3 rings (SSSR count). The number of benzene rings is 3. The Labute approximate surface area is 198 Å². The number of hydrazone groups is 1. The lowest BCUT2D eigenvalue weighted by atomic mass is 10.2. The van der Waals surface area contributed by atoms with E-state index in [9.17, 15) is 13.2 Å². The van der Waals surface area contributed by atoms with E-state index in [-0.39, 0.29) is 0 Å². The number of amides is 1. The number of ether oxygens (including phenoxy) is 1. The number of sulfonamides is 1. The van der Waals surface area contributed by atoms with Crippen molar-refractivity contribution in [2.45, 2.75) is 19.6 Å². The van der Waals surface area contributed by atoms with Crippen LogP contribution in [0.1, 0.15) is 18.1 Å². The molecular formula is C24H24ClN3O4S. The third-order valence-electron chi connectivity index (χ3n) is 4.69. The van der Waals surface area contributed by atoms with Gasteiger partial charge in [-0.2, -0.15) is 5.10 Å². The van der Waals surface area contributed by atoms with E-state index in [2.05, 4.69) is 10.5 Å². The van der Waals surface area contributed by atoms with Crippen molar-refractivity contribution in [1.29, 1.82) is 0 Å². The highest BCUT2D eigenvalue weighted by atomic mass is 35.5. The van der Waals surface area contributed by atoms with Crippen LogP contribution in [-0.4, -0.2) is 32.8 Å². The molecule has 9 heteroatoms. The van der Waals surface area contributed by atoms with E-state index >= 15 is 0 Å². The Balaban J connectivity index is 1.57. The molecule has 0 aromatic heterocycles. The summed E-state index contributed by atoms with van der Waals surface area (Å²) in [6.45, 7) is 1.92. The Morgan fingerprint density at radius 3 is 2.30 bits per heavy atom. The zero-order valence-electron chi connectivity index (χ0n) is 18.2. The van der Waals surface area contributed by atoms with Crippen molar-refractivity contribution in [1.82, 2.24) is 5.43 Å². The van der Waals surface area contributed by atoms with Crippen molar-refractivity contribution < 1.29 is 17.9 Å². The molecule has 1 atom stereocenters. The second-order valence-corrected chi connectivity index (χ2v) is 9.58. The summed E-state index contributed by atoms with van der Waals surface area (Å²) in [5.74, 6) is 0.134. The molecule has 172 valence electrons. The fraction of sp³-hybridized carbons (Fsp3) is 0.167. The fourth-order valence-corrected chi connectivity index (χ4v) is 4.35. The van der Waals surface area contributed by atoms with Gasteiger partial charge in [0.05, 0.1) is 18.2 Å². The van der Waals surface area contributed by atoms with Crippen LogP contribution in [0, 0.1) is 0 Å². The number of para-hydroxylation sites is 1. The minimum atomic E-state index is -3.67. The molecule has 0 heterocycles. The van der Waals surface area contributed by atoms with Crippen LogP contribution in [0.2, 0.25) is 5.02 Å². The molecule has 0 radical (unpaired) electrons. The normalized spacial score (nSPS) is 12.3. The van der Waals surface area contributed by atoms with E-state index in [4.69, 9.17) is 16.3 Å². The van der Waals surface area contributed by atoms with Crippen LogP contribution in [-0.2, 0) is 21.4 Å². The highest BCUT2D eigenvalue weighted by molar-refractivity contribution is 7.92. The Morgan fingerprint density at radius 1 is 1.06 bits per heavy atom. The number of hydrogen-bond donors (Lipinski definition) is 1. The molecule has 0 spiro atoms. The second-order valence-electron chi connectivity index (χ2n) is 7.29. The summed E-state index contributed by atoms with van der Waals surface area (Å²) >= 11 is 5.88. The molecule has 0 aliphatic carbocycles. The summed E-state index contributed by atoms with van der Waals surface area (Å²) in [5.41, 5.74) is 4.55. The molecule has 7 nitrogen and oxygen atoms in total. The number of anilines is 1. The van der Waals surface area contributed by atoms with Gasteiger partial charge in [-0.3, -0.25) is 9.10 Å². The number of carbonyl (C=O) groups excluding carboxylic acids is 1. The molecule has 0 saturated heterocycles. The van der Waals surface area contributed by atoms with Gasteiger partial charge in [-0.25, -0.2) is 13.8 Å². The molecule has 0 fully saturated rings.